The second kappa shape index (κ2) is 5.30. The molecule has 0 saturated heterocycles. The summed E-state index contributed by atoms with van der Waals surface area (Å²) in [5.41, 5.74) is 1.52. The van der Waals surface area contributed by atoms with Crippen LogP contribution in [-0.4, -0.2) is 24.3 Å². The molecule has 1 heterocycles. The lowest BCUT2D eigenvalue weighted by molar-refractivity contribution is -0.139. The minimum atomic E-state index is -0.424. The summed E-state index contributed by atoms with van der Waals surface area (Å²) in [5, 5.41) is 0.634. The molecule has 0 aliphatic rings. The summed E-state index contributed by atoms with van der Waals surface area (Å²) < 4.78 is 25.7. The highest BCUT2D eigenvalue weighted by Crippen LogP contribution is 2.33. The van der Waals surface area contributed by atoms with Gasteiger partial charge in [-0.1, -0.05) is 0 Å². The van der Waals surface area contributed by atoms with Crippen LogP contribution in [0.4, 0.5) is 4.39 Å². The van der Waals surface area contributed by atoms with Crippen LogP contribution in [0.3, 0.4) is 0 Å². The van der Waals surface area contributed by atoms with Crippen molar-refractivity contribution < 1.29 is 18.7 Å². The number of carbonyl (C=O) groups is 1. The average molecular weight is 265 g/mol. The average Bonchev–Trinajstić information content (AvgIpc) is 2.69. The van der Waals surface area contributed by atoms with Gasteiger partial charge in [-0.05, 0) is 24.6 Å². The number of benzene rings is 1. The highest BCUT2D eigenvalue weighted by atomic mass is 19.1. The molecule has 0 N–H and O–H groups in total. The Bertz CT molecular complexity index is 619. The van der Waals surface area contributed by atoms with Crippen LogP contribution in [0, 0.1) is 5.82 Å². The lowest BCUT2D eigenvalue weighted by atomic mass is 10.1. The summed E-state index contributed by atoms with van der Waals surface area (Å²) in [5.74, 6) is -0.592. The van der Waals surface area contributed by atoms with Crippen LogP contribution < -0.4 is 4.74 Å². The number of hydrogen-bond donors (Lipinski definition) is 0. The van der Waals surface area contributed by atoms with Crippen LogP contribution in [0.1, 0.15) is 12.5 Å². The van der Waals surface area contributed by atoms with E-state index in [1.165, 1.54) is 13.2 Å². The molecule has 0 unspecified atom stereocenters. The number of nitrogens with zero attached hydrogens (tertiary/aromatic N) is 1. The molecule has 0 spiro atoms. The van der Waals surface area contributed by atoms with E-state index in [0.29, 0.717) is 17.6 Å². The van der Waals surface area contributed by atoms with Crippen molar-refractivity contribution in [3.63, 3.8) is 0 Å². The molecule has 0 atom stereocenters. The minimum absolute atomic E-state index is 0.0946. The third kappa shape index (κ3) is 2.41. The summed E-state index contributed by atoms with van der Waals surface area (Å²) in [6.07, 6.45) is 1.89. The number of halogens is 1. The van der Waals surface area contributed by atoms with Crippen LogP contribution in [0.5, 0.6) is 5.75 Å². The second-order valence-corrected chi connectivity index (χ2v) is 4.22. The van der Waals surface area contributed by atoms with E-state index in [-0.39, 0.29) is 18.1 Å². The SMILES string of the molecule is CCOc1c(F)ccc2c1c(CC(=O)OC)cn2C. The van der Waals surface area contributed by atoms with E-state index in [4.69, 9.17) is 4.74 Å². The number of carbonyl (C=O) groups excluding carboxylic acids is 1. The Kier molecular flexibility index (Phi) is 3.74. The molecule has 0 aliphatic carbocycles. The summed E-state index contributed by atoms with van der Waals surface area (Å²) in [6, 6.07) is 3.04. The zero-order valence-corrected chi connectivity index (χ0v) is 11.2. The third-order valence-electron chi connectivity index (χ3n) is 2.99. The highest BCUT2D eigenvalue weighted by molar-refractivity contribution is 5.92. The van der Waals surface area contributed by atoms with Gasteiger partial charge in [-0.25, -0.2) is 4.39 Å². The van der Waals surface area contributed by atoms with Crippen molar-refractivity contribution in [2.75, 3.05) is 13.7 Å². The fourth-order valence-corrected chi connectivity index (χ4v) is 2.17. The van der Waals surface area contributed by atoms with Crippen molar-refractivity contribution in [2.24, 2.45) is 7.05 Å². The molecule has 0 amide bonds. The monoisotopic (exact) mass is 265 g/mol. The first-order chi connectivity index (χ1) is 9.08. The van der Waals surface area contributed by atoms with Crippen LogP contribution in [-0.2, 0) is 23.0 Å². The summed E-state index contributed by atoms with van der Waals surface area (Å²) in [6.45, 7) is 2.16. The maximum atomic E-state index is 13.9. The molecule has 0 fully saturated rings. The van der Waals surface area contributed by atoms with E-state index in [0.717, 1.165) is 5.52 Å². The molecular formula is C14H16FNO3. The molecule has 4 nitrogen and oxygen atoms in total. The van der Waals surface area contributed by atoms with Gasteiger partial charge in [0.15, 0.2) is 11.6 Å². The Morgan fingerprint density at radius 3 is 2.79 bits per heavy atom. The van der Waals surface area contributed by atoms with Gasteiger partial charge in [-0.2, -0.15) is 0 Å². The summed E-state index contributed by atoms with van der Waals surface area (Å²) >= 11 is 0. The van der Waals surface area contributed by atoms with Crippen molar-refractivity contribution in [3.8, 4) is 5.75 Å². The van der Waals surface area contributed by atoms with Gasteiger partial charge in [0, 0.05) is 18.6 Å². The highest BCUT2D eigenvalue weighted by Gasteiger charge is 2.18. The molecule has 0 aliphatic heterocycles. The maximum absolute atomic E-state index is 13.9. The van der Waals surface area contributed by atoms with E-state index in [1.54, 1.807) is 19.2 Å². The van der Waals surface area contributed by atoms with Crippen molar-refractivity contribution in [2.45, 2.75) is 13.3 Å². The van der Waals surface area contributed by atoms with Crippen LogP contribution >= 0.6 is 0 Å². The molecule has 0 radical (unpaired) electrons. The first kappa shape index (κ1) is 13.4. The van der Waals surface area contributed by atoms with Crippen molar-refractivity contribution in [3.05, 3.63) is 29.7 Å². The van der Waals surface area contributed by atoms with Crippen molar-refractivity contribution in [1.29, 1.82) is 0 Å². The van der Waals surface area contributed by atoms with Gasteiger partial charge in [-0.3, -0.25) is 4.79 Å². The Morgan fingerprint density at radius 2 is 2.16 bits per heavy atom. The van der Waals surface area contributed by atoms with Crippen molar-refractivity contribution in [1.82, 2.24) is 4.57 Å². The minimum Gasteiger partial charge on any atom is -0.490 e. The quantitative estimate of drug-likeness (QED) is 0.797. The Morgan fingerprint density at radius 1 is 1.42 bits per heavy atom. The normalized spacial score (nSPS) is 10.7. The Hall–Kier alpha value is -2.04. The second-order valence-electron chi connectivity index (χ2n) is 4.22. The van der Waals surface area contributed by atoms with Gasteiger partial charge < -0.3 is 14.0 Å². The fourth-order valence-electron chi connectivity index (χ4n) is 2.17. The Labute approximate surface area is 110 Å². The van der Waals surface area contributed by atoms with Gasteiger partial charge in [-0.15, -0.1) is 0 Å². The van der Waals surface area contributed by atoms with E-state index in [9.17, 15) is 9.18 Å². The number of ether oxygens (including phenoxy) is 2. The van der Waals surface area contributed by atoms with Crippen LogP contribution in [0.25, 0.3) is 10.9 Å². The molecular weight excluding hydrogens is 249 g/mol. The largest absolute Gasteiger partial charge is 0.490 e. The lowest BCUT2D eigenvalue weighted by Gasteiger charge is -2.08. The van der Waals surface area contributed by atoms with Gasteiger partial charge in [0.2, 0.25) is 0 Å². The van der Waals surface area contributed by atoms with Gasteiger partial charge in [0.1, 0.15) is 0 Å². The van der Waals surface area contributed by atoms with E-state index in [1.807, 2.05) is 11.6 Å². The predicted octanol–water partition coefficient (Wildman–Crippen LogP) is 2.43. The first-order valence-electron chi connectivity index (χ1n) is 6.04. The van der Waals surface area contributed by atoms with E-state index >= 15 is 0 Å². The number of esters is 1. The van der Waals surface area contributed by atoms with Crippen LogP contribution in [0.2, 0.25) is 0 Å². The van der Waals surface area contributed by atoms with Gasteiger partial charge in [0.05, 0.1) is 25.7 Å². The number of fused-ring (bicyclic) bond motifs is 1. The maximum Gasteiger partial charge on any atom is 0.310 e. The standard InChI is InChI=1S/C14H16FNO3/c1-4-19-14-10(15)5-6-11-13(14)9(8-16(11)2)7-12(17)18-3/h5-6,8H,4,7H2,1-3H3. The number of methoxy groups -OCH3 is 1. The third-order valence-corrected chi connectivity index (χ3v) is 2.99. The fraction of sp³-hybridized carbons (Fsp3) is 0.357. The molecule has 5 heteroatoms. The topological polar surface area (TPSA) is 40.5 Å². The molecule has 1 aromatic carbocycles. The number of hydrogen-bond acceptors (Lipinski definition) is 3. The molecule has 102 valence electrons. The Balaban J connectivity index is 2.63. The van der Waals surface area contributed by atoms with E-state index < -0.39 is 5.82 Å². The van der Waals surface area contributed by atoms with Crippen molar-refractivity contribution >= 4 is 16.9 Å². The first-order valence-corrected chi connectivity index (χ1v) is 6.04. The lowest BCUT2D eigenvalue weighted by Crippen LogP contribution is -2.04. The molecule has 1 aromatic heterocycles. The van der Waals surface area contributed by atoms with E-state index in [2.05, 4.69) is 4.74 Å². The number of aryl methyl sites for hydroxylation is 1. The molecule has 2 rings (SSSR count). The summed E-state index contributed by atoms with van der Waals surface area (Å²) in [4.78, 5) is 11.4. The zero-order valence-electron chi connectivity index (χ0n) is 11.2. The number of aromatic nitrogens is 1. The molecule has 0 saturated carbocycles. The smallest absolute Gasteiger partial charge is 0.310 e. The number of rotatable bonds is 4. The van der Waals surface area contributed by atoms with Crippen LogP contribution in [0.15, 0.2) is 18.3 Å². The predicted molar refractivity (Wildman–Crippen MR) is 69.8 cm³/mol. The van der Waals surface area contributed by atoms with Gasteiger partial charge in [0.25, 0.3) is 0 Å². The molecule has 19 heavy (non-hydrogen) atoms. The molecule has 2 aromatic rings. The molecule has 0 bridgehead atoms. The zero-order chi connectivity index (χ0) is 14.0. The summed E-state index contributed by atoms with van der Waals surface area (Å²) in [7, 11) is 3.17. The van der Waals surface area contributed by atoms with Gasteiger partial charge >= 0.3 is 5.97 Å².